The first-order chi connectivity index (χ1) is 7.15. The Hall–Kier alpha value is -0.610. The van der Waals surface area contributed by atoms with Gasteiger partial charge in [-0.2, -0.15) is 0 Å². The van der Waals surface area contributed by atoms with E-state index >= 15 is 0 Å². The lowest BCUT2D eigenvalue weighted by molar-refractivity contribution is -0.141. The Morgan fingerprint density at radius 3 is 2.93 bits per heavy atom. The average molecular weight is 215 g/mol. The van der Waals surface area contributed by atoms with E-state index in [9.17, 15) is 4.79 Å². The van der Waals surface area contributed by atoms with Crippen molar-refractivity contribution in [3.05, 3.63) is 0 Å². The van der Waals surface area contributed by atoms with Crippen molar-refractivity contribution in [2.75, 3.05) is 26.3 Å². The van der Waals surface area contributed by atoms with Gasteiger partial charge < -0.3 is 9.84 Å². The molecule has 15 heavy (non-hydrogen) atoms. The van der Waals surface area contributed by atoms with Crippen LogP contribution in [-0.2, 0) is 9.53 Å². The van der Waals surface area contributed by atoms with Crippen LogP contribution < -0.4 is 0 Å². The molecular formula is C11H21NO3. The number of carbonyl (C=O) groups is 1. The highest BCUT2D eigenvalue weighted by atomic mass is 16.5. The molecule has 0 saturated carbocycles. The summed E-state index contributed by atoms with van der Waals surface area (Å²) in [5.41, 5.74) is 0. The van der Waals surface area contributed by atoms with E-state index in [1.165, 1.54) is 6.92 Å². The normalized spacial score (nSPS) is 26.9. The molecule has 2 unspecified atom stereocenters. The Kier molecular flexibility index (Phi) is 5.05. The topological polar surface area (TPSA) is 49.8 Å². The Morgan fingerprint density at radius 1 is 1.60 bits per heavy atom. The van der Waals surface area contributed by atoms with Crippen LogP contribution in [0.25, 0.3) is 0 Å². The van der Waals surface area contributed by atoms with Crippen molar-refractivity contribution in [1.29, 1.82) is 0 Å². The van der Waals surface area contributed by atoms with Crippen LogP contribution >= 0.6 is 0 Å². The molecule has 4 heteroatoms. The SMILES string of the molecule is CC(=O)OCCN1CCC(CCO)C1C. The smallest absolute Gasteiger partial charge is 0.302 e. The van der Waals surface area contributed by atoms with E-state index in [4.69, 9.17) is 9.84 Å². The number of rotatable bonds is 5. The molecular weight excluding hydrogens is 194 g/mol. The van der Waals surface area contributed by atoms with Gasteiger partial charge in [-0.15, -0.1) is 0 Å². The summed E-state index contributed by atoms with van der Waals surface area (Å²) < 4.78 is 4.92. The maximum absolute atomic E-state index is 10.6. The lowest BCUT2D eigenvalue weighted by Gasteiger charge is -2.23. The molecule has 4 nitrogen and oxygen atoms in total. The van der Waals surface area contributed by atoms with E-state index in [2.05, 4.69) is 11.8 Å². The minimum absolute atomic E-state index is 0.214. The lowest BCUT2D eigenvalue weighted by Crippen LogP contribution is -2.33. The van der Waals surface area contributed by atoms with E-state index < -0.39 is 0 Å². The molecule has 1 saturated heterocycles. The fraction of sp³-hybridized carbons (Fsp3) is 0.909. The van der Waals surface area contributed by atoms with E-state index in [-0.39, 0.29) is 12.6 Å². The number of carbonyl (C=O) groups excluding carboxylic acids is 1. The Morgan fingerprint density at radius 2 is 2.33 bits per heavy atom. The van der Waals surface area contributed by atoms with Gasteiger partial charge in [-0.3, -0.25) is 9.69 Å². The van der Waals surface area contributed by atoms with Gasteiger partial charge in [0.05, 0.1) is 0 Å². The third kappa shape index (κ3) is 3.80. The minimum atomic E-state index is -0.214. The van der Waals surface area contributed by atoms with Gasteiger partial charge in [0.2, 0.25) is 0 Å². The summed E-state index contributed by atoms with van der Waals surface area (Å²) in [5, 5.41) is 8.89. The first-order valence-corrected chi connectivity index (χ1v) is 5.63. The first-order valence-electron chi connectivity index (χ1n) is 5.63. The molecule has 1 aliphatic rings. The second-order valence-corrected chi connectivity index (χ2v) is 4.18. The van der Waals surface area contributed by atoms with Crippen LogP contribution in [0.15, 0.2) is 0 Å². The zero-order chi connectivity index (χ0) is 11.3. The summed E-state index contributed by atoms with van der Waals surface area (Å²) in [7, 11) is 0. The van der Waals surface area contributed by atoms with Crippen molar-refractivity contribution in [2.24, 2.45) is 5.92 Å². The van der Waals surface area contributed by atoms with Gasteiger partial charge in [-0.25, -0.2) is 0 Å². The highest BCUT2D eigenvalue weighted by Gasteiger charge is 2.29. The van der Waals surface area contributed by atoms with Crippen LogP contribution in [0.3, 0.4) is 0 Å². The molecule has 2 atom stereocenters. The number of aliphatic hydroxyl groups excluding tert-OH is 1. The summed E-state index contributed by atoms with van der Waals surface area (Å²) in [5.74, 6) is 0.376. The van der Waals surface area contributed by atoms with Crippen LogP contribution in [0.1, 0.15) is 26.7 Å². The van der Waals surface area contributed by atoms with E-state index in [0.29, 0.717) is 18.6 Å². The molecule has 1 rings (SSSR count). The van der Waals surface area contributed by atoms with Crippen molar-refractivity contribution < 1.29 is 14.6 Å². The van der Waals surface area contributed by atoms with Gasteiger partial charge in [-0.1, -0.05) is 0 Å². The lowest BCUT2D eigenvalue weighted by atomic mass is 9.98. The van der Waals surface area contributed by atoms with Gasteiger partial charge in [0, 0.05) is 26.1 Å². The quantitative estimate of drug-likeness (QED) is 0.684. The number of nitrogens with zero attached hydrogens (tertiary/aromatic N) is 1. The van der Waals surface area contributed by atoms with Crippen LogP contribution in [0.5, 0.6) is 0 Å². The molecule has 1 aliphatic heterocycles. The van der Waals surface area contributed by atoms with Crippen molar-refractivity contribution in [2.45, 2.75) is 32.7 Å². The zero-order valence-electron chi connectivity index (χ0n) is 9.61. The van der Waals surface area contributed by atoms with E-state index in [1.54, 1.807) is 0 Å². The summed E-state index contributed by atoms with van der Waals surface area (Å²) in [4.78, 5) is 12.9. The van der Waals surface area contributed by atoms with Crippen molar-refractivity contribution in [1.82, 2.24) is 4.90 Å². The average Bonchev–Trinajstić information content (AvgIpc) is 2.50. The fourth-order valence-corrected chi connectivity index (χ4v) is 2.25. The third-order valence-corrected chi connectivity index (χ3v) is 3.23. The molecule has 0 aliphatic carbocycles. The van der Waals surface area contributed by atoms with E-state index in [1.807, 2.05) is 0 Å². The molecule has 0 aromatic rings. The molecule has 0 amide bonds. The molecule has 0 radical (unpaired) electrons. The Balaban J connectivity index is 2.23. The molecule has 0 aromatic heterocycles. The van der Waals surface area contributed by atoms with Crippen molar-refractivity contribution in [3.8, 4) is 0 Å². The van der Waals surface area contributed by atoms with Gasteiger partial charge in [0.25, 0.3) is 0 Å². The number of aliphatic hydroxyl groups is 1. The summed E-state index contributed by atoms with van der Waals surface area (Å²) in [6.07, 6.45) is 2.02. The van der Waals surface area contributed by atoms with Gasteiger partial charge in [-0.05, 0) is 32.2 Å². The summed E-state index contributed by atoms with van der Waals surface area (Å²) in [6, 6.07) is 0.493. The number of esters is 1. The number of likely N-dealkylation sites (tertiary alicyclic amines) is 1. The molecule has 0 spiro atoms. The van der Waals surface area contributed by atoms with Crippen LogP contribution in [-0.4, -0.2) is 48.3 Å². The standard InChI is InChI=1S/C11H21NO3/c1-9-11(4-7-13)3-5-12(9)6-8-15-10(2)14/h9,11,13H,3-8H2,1-2H3. The largest absolute Gasteiger partial charge is 0.465 e. The second-order valence-electron chi connectivity index (χ2n) is 4.18. The predicted molar refractivity (Wildman–Crippen MR) is 57.5 cm³/mol. The van der Waals surface area contributed by atoms with Crippen LogP contribution in [0.4, 0.5) is 0 Å². The van der Waals surface area contributed by atoms with Crippen LogP contribution in [0, 0.1) is 5.92 Å². The molecule has 88 valence electrons. The minimum Gasteiger partial charge on any atom is -0.465 e. The maximum Gasteiger partial charge on any atom is 0.302 e. The van der Waals surface area contributed by atoms with Crippen molar-refractivity contribution in [3.63, 3.8) is 0 Å². The molecule has 1 N–H and O–H groups in total. The molecule has 0 aromatic carbocycles. The highest BCUT2D eigenvalue weighted by Crippen LogP contribution is 2.26. The monoisotopic (exact) mass is 215 g/mol. The Bertz CT molecular complexity index is 208. The summed E-state index contributed by atoms with van der Waals surface area (Å²) >= 11 is 0. The van der Waals surface area contributed by atoms with Gasteiger partial charge in [0.15, 0.2) is 0 Å². The number of ether oxygens (including phenoxy) is 1. The third-order valence-electron chi connectivity index (χ3n) is 3.23. The van der Waals surface area contributed by atoms with Crippen molar-refractivity contribution >= 4 is 5.97 Å². The first kappa shape index (κ1) is 12.5. The van der Waals surface area contributed by atoms with E-state index in [0.717, 1.165) is 25.9 Å². The number of hydrogen-bond acceptors (Lipinski definition) is 4. The van der Waals surface area contributed by atoms with Gasteiger partial charge in [0.1, 0.15) is 6.61 Å². The zero-order valence-corrected chi connectivity index (χ0v) is 9.61. The van der Waals surface area contributed by atoms with Gasteiger partial charge >= 0.3 is 5.97 Å². The molecule has 1 fully saturated rings. The maximum atomic E-state index is 10.6. The fourth-order valence-electron chi connectivity index (χ4n) is 2.25. The predicted octanol–water partition coefficient (Wildman–Crippen LogP) is 0.642. The second kappa shape index (κ2) is 6.08. The molecule has 1 heterocycles. The highest BCUT2D eigenvalue weighted by molar-refractivity contribution is 5.65. The molecule has 0 bridgehead atoms. The number of hydrogen-bond donors (Lipinski definition) is 1. The van der Waals surface area contributed by atoms with Crippen LogP contribution in [0.2, 0.25) is 0 Å². The summed E-state index contributed by atoms with van der Waals surface area (Å²) in [6.45, 7) is 6.22. The Labute approximate surface area is 91.2 Å².